The number of halogens is 1. The Kier molecular flexibility index (Phi) is 3.17. The zero-order chi connectivity index (χ0) is 16.4. The molecule has 0 amide bonds. The van der Waals surface area contributed by atoms with Crippen molar-refractivity contribution in [2.75, 3.05) is 0 Å². The minimum atomic E-state index is -1.22. The van der Waals surface area contributed by atoms with Crippen LogP contribution in [0, 0.1) is 24.2 Å². The maximum absolute atomic E-state index is 14.8. The first-order valence-electron chi connectivity index (χ1n) is 8.33. The van der Waals surface area contributed by atoms with E-state index in [4.69, 9.17) is 10.1 Å². The summed E-state index contributed by atoms with van der Waals surface area (Å²) >= 11 is 0. The molecule has 1 heterocycles. The summed E-state index contributed by atoms with van der Waals surface area (Å²) in [6.07, 6.45) is 2.60. The molecule has 3 fully saturated rings. The Morgan fingerprint density at radius 2 is 2.17 bits per heavy atom. The van der Waals surface area contributed by atoms with Gasteiger partial charge in [-0.05, 0) is 38.3 Å². The quantitative estimate of drug-likeness (QED) is 0.837. The molecular formula is C19H23FN2O. The fourth-order valence-corrected chi connectivity index (χ4v) is 4.59. The van der Waals surface area contributed by atoms with Crippen LogP contribution in [0.3, 0.4) is 0 Å². The van der Waals surface area contributed by atoms with Gasteiger partial charge >= 0.3 is 0 Å². The molecule has 2 bridgehead atoms. The molecule has 23 heavy (non-hydrogen) atoms. The minimum Gasteiger partial charge on any atom is -0.385 e. The largest absolute Gasteiger partial charge is 0.385 e. The Morgan fingerprint density at radius 1 is 1.43 bits per heavy atom. The predicted molar refractivity (Wildman–Crippen MR) is 88.5 cm³/mol. The number of hydrogen-bond acceptors (Lipinski definition) is 3. The van der Waals surface area contributed by atoms with Crippen molar-refractivity contribution in [1.82, 2.24) is 5.32 Å². The number of hydrogen-bond donors (Lipinski definition) is 2. The summed E-state index contributed by atoms with van der Waals surface area (Å²) in [6.45, 7) is 5.62. The van der Waals surface area contributed by atoms with Crippen LogP contribution in [0.5, 0.6) is 0 Å². The maximum atomic E-state index is 14.8. The molecule has 2 aliphatic carbocycles. The van der Waals surface area contributed by atoms with Crippen molar-refractivity contribution in [1.29, 1.82) is 5.41 Å². The lowest BCUT2D eigenvalue weighted by atomic mass is 9.67. The minimum absolute atomic E-state index is 0.0355. The SMILES string of the molecule is C/C(=C/NC1C2C3CC2C(C)(F)C1O3)C(=N)c1ccccc1C. The Labute approximate surface area is 136 Å². The van der Waals surface area contributed by atoms with E-state index in [2.05, 4.69) is 5.32 Å². The Balaban J connectivity index is 1.50. The molecule has 2 saturated carbocycles. The summed E-state index contributed by atoms with van der Waals surface area (Å²) in [5.74, 6) is 0.417. The highest BCUT2D eigenvalue weighted by Crippen LogP contribution is 2.62. The van der Waals surface area contributed by atoms with Crippen molar-refractivity contribution in [2.45, 2.75) is 51.1 Å². The standard InChI is InChI=1S/C19H23FN2O/c1-10-6-4-5-7-12(10)16(21)11(2)9-22-17-15-13-8-14(15)23-18(17)19(13,3)20/h4-7,9,13-15,17-18,21-22H,8H2,1-3H3/b11-9-,21-16?. The van der Waals surface area contributed by atoms with Crippen molar-refractivity contribution in [2.24, 2.45) is 11.8 Å². The monoisotopic (exact) mass is 314 g/mol. The molecule has 0 aromatic heterocycles. The van der Waals surface area contributed by atoms with Crippen LogP contribution >= 0.6 is 0 Å². The second kappa shape index (κ2) is 4.91. The van der Waals surface area contributed by atoms with Gasteiger partial charge in [0.25, 0.3) is 0 Å². The van der Waals surface area contributed by atoms with Crippen LogP contribution in [-0.4, -0.2) is 29.6 Å². The lowest BCUT2D eigenvalue weighted by Gasteiger charge is -2.47. The van der Waals surface area contributed by atoms with Crippen LogP contribution in [-0.2, 0) is 4.74 Å². The molecule has 6 unspecified atom stereocenters. The highest BCUT2D eigenvalue weighted by molar-refractivity contribution is 6.10. The van der Waals surface area contributed by atoms with Crippen LogP contribution in [0.4, 0.5) is 4.39 Å². The van der Waals surface area contributed by atoms with Crippen LogP contribution in [0.15, 0.2) is 36.0 Å². The third kappa shape index (κ3) is 2.01. The van der Waals surface area contributed by atoms with Gasteiger partial charge in [-0.3, -0.25) is 5.41 Å². The van der Waals surface area contributed by atoms with Crippen LogP contribution in [0.25, 0.3) is 0 Å². The fourth-order valence-electron chi connectivity index (χ4n) is 4.59. The Hall–Kier alpha value is -1.68. The van der Waals surface area contributed by atoms with Gasteiger partial charge in [-0.15, -0.1) is 0 Å². The van der Waals surface area contributed by atoms with Gasteiger partial charge in [0.1, 0.15) is 11.8 Å². The second-order valence-electron chi connectivity index (χ2n) is 7.38. The first kappa shape index (κ1) is 14.9. The van der Waals surface area contributed by atoms with Crippen LogP contribution in [0.1, 0.15) is 31.4 Å². The average molecular weight is 314 g/mol. The van der Waals surface area contributed by atoms with E-state index in [1.165, 1.54) is 0 Å². The van der Waals surface area contributed by atoms with E-state index in [-0.39, 0.29) is 30.1 Å². The van der Waals surface area contributed by atoms with Crippen molar-refractivity contribution in [3.05, 3.63) is 47.2 Å². The molecule has 2 N–H and O–H groups in total. The van der Waals surface area contributed by atoms with Crippen LogP contribution < -0.4 is 5.32 Å². The number of ether oxygens (including phenoxy) is 1. The molecule has 122 valence electrons. The predicted octanol–water partition coefficient (Wildman–Crippen LogP) is 3.37. The van der Waals surface area contributed by atoms with E-state index < -0.39 is 5.67 Å². The molecule has 1 aliphatic heterocycles. The van der Waals surface area contributed by atoms with Gasteiger partial charge in [0.15, 0.2) is 0 Å². The summed E-state index contributed by atoms with van der Waals surface area (Å²) < 4.78 is 20.6. The summed E-state index contributed by atoms with van der Waals surface area (Å²) in [4.78, 5) is 0. The normalized spacial score (nSPS) is 40.9. The maximum Gasteiger partial charge on any atom is 0.139 e. The first-order chi connectivity index (χ1) is 10.9. The van der Waals surface area contributed by atoms with Gasteiger partial charge in [0.2, 0.25) is 0 Å². The molecule has 0 radical (unpaired) electrons. The molecule has 1 aromatic rings. The van der Waals surface area contributed by atoms with Gasteiger partial charge < -0.3 is 10.1 Å². The average Bonchev–Trinajstić information content (AvgIpc) is 2.84. The zero-order valence-electron chi connectivity index (χ0n) is 13.8. The first-order valence-corrected chi connectivity index (χ1v) is 8.33. The fraction of sp³-hybridized carbons (Fsp3) is 0.526. The van der Waals surface area contributed by atoms with E-state index in [0.29, 0.717) is 5.71 Å². The number of aryl methyl sites for hydroxylation is 1. The van der Waals surface area contributed by atoms with Gasteiger partial charge in [0.05, 0.1) is 17.9 Å². The van der Waals surface area contributed by atoms with Crippen molar-refractivity contribution in [3.8, 4) is 0 Å². The van der Waals surface area contributed by atoms with Gasteiger partial charge in [-0.25, -0.2) is 4.39 Å². The molecule has 3 nitrogen and oxygen atoms in total. The lowest BCUT2D eigenvalue weighted by Crippen LogP contribution is -2.54. The highest BCUT2D eigenvalue weighted by atomic mass is 19.1. The van der Waals surface area contributed by atoms with E-state index in [0.717, 1.165) is 23.1 Å². The van der Waals surface area contributed by atoms with Crippen molar-refractivity contribution >= 4 is 5.71 Å². The molecule has 4 heteroatoms. The highest BCUT2D eigenvalue weighted by Gasteiger charge is 2.73. The molecule has 1 saturated heterocycles. The van der Waals surface area contributed by atoms with Crippen molar-refractivity contribution in [3.63, 3.8) is 0 Å². The Morgan fingerprint density at radius 3 is 2.78 bits per heavy atom. The second-order valence-corrected chi connectivity index (χ2v) is 7.38. The Bertz CT molecular complexity index is 696. The topological polar surface area (TPSA) is 45.1 Å². The third-order valence-corrected chi connectivity index (χ3v) is 6.02. The molecule has 1 aromatic carbocycles. The molecule has 4 rings (SSSR count). The molecule has 3 aliphatic rings. The summed E-state index contributed by atoms with van der Waals surface area (Å²) in [5, 5.41) is 11.7. The van der Waals surface area contributed by atoms with Gasteiger partial charge in [-0.1, -0.05) is 24.3 Å². The number of rotatable bonds is 4. The number of alkyl halides is 1. The zero-order valence-corrected chi connectivity index (χ0v) is 13.8. The summed E-state index contributed by atoms with van der Waals surface area (Å²) in [5.41, 5.74) is 2.18. The molecular weight excluding hydrogens is 291 g/mol. The van der Waals surface area contributed by atoms with E-state index in [9.17, 15) is 4.39 Å². The number of fused-ring (bicyclic) bond motifs is 1. The molecule has 6 atom stereocenters. The summed E-state index contributed by atoms with van der Waals surface area (Å²) in [7, 11) is 0. The van der Waals surface area contributed by atoms with Crippen LogP contribution in [0.2, 0.25) is 0 Å². The van der Waals surface area contributed by atoms with E-state index in [1.807, 2.05) is 44.3 Å². The number of allylic oxidation sites excluding steroid dienone is 1. The van der Waals surface area contributed by atoms with Gasteiger partial charge in [-0.2, -0.15) is 0 Å². The van der Waals surface area contributed by atoms with Gasteiger partial charge in [0, 0.05) is 23.6 Å². The lowest BCUT2D eigenvalue weighted by molar-refractivity contribution is -0.186. The van der Waals surface area contributed by atoms with Crippen molar-refractivity contribution < 1.29 is 9.13 Å². The molecule has 0 spiro atoms. The third-order valence-electron chi connectivity index (χ3n) is 6.02. The smallest absolute Gasteiger partial charge is 0.139 e. The van der Waals surface area contributed by atoms with E-state index >= 15 is 0 Å². The van der Waals surface area contributed by atoms with E-state index in [1.54, 1.807) is 6.92 Å². The number of benzene rings is 1. The summed E-state index contributed by atoms with van der Waals surface area (Å²) in [6, 6.07) is 7.94. The number of nitrogens with one attached hydrogen (secondary N) is 2.